The normalized spacial score (nSPS) is 19.1. The summed E-state index contributed by atoms with van der Waals surface area (Å²) < 4.78 is 0. The fourth-order valence-corrected chi connectivity index (χ4v) is 6.04. The first-order valence-corrected chi connectivity index (χ1v) is 11.3. The minimum absolute atomic E-state index is 0.158. The quantitative estimate of drug-likeness (QED) is 0.586. The third-order valence-electron chi connectivity index (χ3n) is 5.58. The molecule has 1 aromatic carbocycles. The second kappa shape index (κ2) is 7.28. The number of amides is 2. The first-order valence-electron chi connectivity index (χ1n) is 9.53. The Bertz CT molecular complexity index is 990. The summed E-state index contributed by atoms with van der Waals surface area (Å²) >= 11 is 3.64. The van der Waals surface area contributed by atoms with E-state index in [0.29, 0.717) is 17.7 Å². The van der Waals surface area contributed by atoms with E-state index >= 15 is 0 Å². The molecule has 1 atom stereocenters. The van der Waals surface area contributed by atoms with Crippen LogP contribution in [0.1, 0.15) is 48.5 Å². The fourth-order valence-electron chi connectivity index (χ4n) is 4.26. The molecule has 142 valence electrons. The smallest absolute Gasteiger partial charge is 0.261 e. The Balaban J connectivity index is 1.29. The molecule has 4 nitrogen and oxygen atoms in total. The monoisotopic (exact) mass is 408 g/mol. The van der Waals surface area contributed by atoms with E-state index in [-0.39, 0.29) is 17.9 Å². The average Bonchev–Trinajstić information content (AvgIpc) is 3.45. The zero-order valence-electron chi connectivity index (χ0n) is 15.3. The van der Waals surface area contributed by atoms with E-state index in [1.54, 1.807) is 23.5 Å². The molecule has 0 bridgehead atoms. The van der Waals surface area contributed by atoms with Gasteiger partial charge < -0.3 is 0 Å². The number of thiophene rings is 2. The van der Waals surface area contributed by atoms with Gasteiger partial charge in [-0.05, 0) is 53.4 Å². The van der Waals surface area contributed by atoms with Gasteiger partial charge in [-0.1, -0.05) is 18.2 Å². The van der Waals surface area contributed by atoms with Crippen LogP contribution in [0.2, 0.25) is 0 Å². The van der Waals surface area contributed by atoms with Crippen LogP contribution in [0.4, 0.5) is 0 Å². The molecule has 0 radical (unpaired) electrons. The summed E-state index contributed by atoms with van der Waals surface area (Å²) in [6, 6.07) is 14.0. The van der Waals surface area contributed by atoms with E-state index in [0.717, 1.165) is 25.9 Å². The van der Waals surface area contributed by atoms with Crippen molar-refractivity contribution in [3.63, 3.8) is 0 Å². The van der Waals surface area contributed by atoms with Crippen molar-refractivity contribution in [3.8, 4) is 0 Å². The molecule has 6 heteroatoms. The zero-order valence-corrected chi connectivity index (χ0v) is 17.0. The lowest BCUT2D eigenvalue weighted by molar-refractivity contribution is 0.0645. The van der Waals surface area contributed by atoms with Gasteiger partial charge in [0.25, 0.3) is 11.8 Å². The number of hydrogen-bond acceptors (Lipinski definition) is 5. The topological polar surface area (TPSA) is 40.6 Å². The maximum absolute atomic E-state index is 12.6. The minimum atomic E-state index is -0.158. The van der Waals surface area contributed by atoms with Crippen LogP contribution in [0, 0.1) is 0 Å². The number of benzene rings is 1. The molecule has 0 saturated heterocycles. The molecule has 2 aromatic heterocycles. The first kappa shape index (κ1) is 17.8. The largest absolute Gasteiger partial charge is 0.291 e. The Labute approximate surface area is 172 Å². The van der Waals surface area contributed by atoms with Crippen LogP contribution >= 0.6 is 22.7 Å². The maximum Gasteiger partial charge on any atom is 0.261 e. The number of rotatable bonds is 5. The summed E-state index contributed by atoms with van der Waals surface area (Å²) in [4.78, 5) is 31.9. The Morgan fingerprint density at radius 2 is 1.68 bits per heavy atom. The summed E-state index contributed by atoms with van der Waals surface area (Å²) in [5.74, 6) is -0.316. The minimum Gasteiger partial charge on any atom is -0.291 e. The third kappa shape index (κ3) is 2.92. The van der Waals surface area contributed by atoms with Crippen molar-refractivity contribution in [2.75, 3.05) is 19.6 Å². The molecular formula is C22H20N2O2S2. The van der Waals surface area contributed by atoms with Gasteiger partial charge in [0.15, 0.2) is 0 Å². The van der Waals surface area contributed by atoms with Gasteiger partial charge in [0.05, 0.1) is 17.2 Å². The Morgan fingerprint density at radius 3 is 2.39 bits per heavy atom. The van der Waals surface area contributed by atoms with Crippen molar-refractivity contribution in [2.45, 2.75) is 18.9 Å². The van der Waals surface area contributed by atoms with E-state index in [1.165, 1.54) is 20.2 Å². The van der Waals surface area contributed by atoms with Crippen LogP contribution < -0.4 is 0 Å². The molecule has 5 rings (SSSR count). The molecule has 2 aliphatic heterocycles. The molecule has 0 N–H and O–H groups in total. The van der Waals surface area contributed by atoms with Crippen molar-refractivity contribution >= 4 is 34.5 Å². The van der Waals surface area contributed by atoms with Gasteiger partial charge in [0.1, 0.15) is 0 Å². The SMILES string of the molecule is O=C1c2ccccc2C(=O)N1CCCN1CCc2sccc2[C@H]1c1cccs1. The Kier molecular flexibility index (Phi) is 4.62. The standard InChI is InChI=1S/C22H20N2O2S2/c25-21-15-5-1-2-6-16(15)22(26)24(21)11-4-10-23-12-8-18-17(9-14-28-18)20(23)19-7-3-13-27-19/h1-3,5-7,9,13-14,20H,4,8,10-12H2/t20-/m0/s1. The lowest BCUT2D eigenvalue weighted by Gasteiger charge is -2.35. The molecule has 2 amide bonds. The zero-order chi connectivity index (χ0) is 19.1. The Hall–Kier alpha value is -2.28. The van der Waals surface area contributed by atoms with Gasteiger partial charge in [-0.15, -0.1) is 22.7 Å². The predicted molar refractivity (Wildman–Crippen MR) is 112 cm³/mol. The molecule has 0 unspecified atom stereocenters. The fraction of sp³-hybridized carbons (Fsp3) is 0.273. The van der Waals surface area contributed by atoms with Crippen molar-refractivity contribution in [3.05, 3.63) is 79.7 Å². The van der Waals surface area contributed by atoms with Crippen LogP contribution in [-0.2, 0) is 6.42 Å². The third-order valence-corrected chi connectivity index (χ3v) is 7.50. The van der Waals surface area contributed by atoms with Gasteiger partial charge in [-0.25, -0.2) is 0 Å². The summed E-state index contributed by atoms with van der Waals surface area (Å²) in [6.07, 6.45) is 1.86. The van der Waals surface area contributed by atoms with E-state index in [2.05, 4.69) is 33.9 Å². The van der Waals surface area contributed by atoms with Crippen molar-refractivity contribution in [1.82, 2.24) is 9.80 Å². The highest BCUT2D eigenvalue weighted by Gasteiger charge is 2.35. The van der Waals surface area contributed by atoms with Crippen LogP contribution in [0.5, 0.6) is 0 Å². The maximum atomic E-state index is 12.6. The second-order valence-corrected chi connectivity index (χ2v) is 9.14. The summed E-state index contributed by atoms with van der Waals surface area (Å²) in [6.45, 7) is 2.35. The highest BCUT2D eigenvalue weighted by atomic mass is 32.1. The van der Waals surface area contributed by atoms with Gasteiger partial charge in [-0.2, -0.15) is 0 Å². The second-order valence-electron chi connectivity index (χ2n) is 7.16. The van der Waals surface area contributed by atoms with Crippen LogP contribution in [0.25, 0.3) is 0 Å². The molecule has 0 saturated carbocycles. The van der Waals surface area contributed by atoms with Crippen LogP contribution in [0.3, 0.4) is 0 Å². The van der Waals surface area contributed by atoms with E-state index < -0.39 is 0 Å². The molecular weight excluding hydrogens is 388 g/mol. The van der Waals surface area contributed by atoms with Crippen LogP contribution in [0.15, 0.2) is 53.2 Å². The first-order chi connectivity index (χ1) is 13.7. The summed E-state index contributed by atoms with van der Waals surface area (Å²) in [7, 11) is 0. The number of carbonyl (C=O) groups excluding carboxylic acids is 2. The van der Waals surface area contributed by atoms with Gasteiger partial charge >= 0.3 is 0 Å². The van der Waals surface area contributed by atoms with Gasteiger partial charge in [-0.3, -0.25) is 19.4 Å². The van der Waals surface area contributed by atoms with Crippen molar-refractivity contribution in [1.29, 1.82) is 0 Å². The highest BCUT2D eigenvalue weighted by Crippen LogP contribution is 2.39. The van der Waals surface area contributed by atoms with Crippen molar-refractivity contribution < 1.29 is 9.59 Å². The lowest BCUT2D eigenvalue weighted by atomic mass is 9.98. The molecule has 0 aliphatic carbocycles. The molecule has 28 heavy (non-hydrogen) atoms. The number of nitrogens with zero attached hydrogens (tertiary/aromatic N) is 2. The van der Waals surface area contributed by atoms with Crippen LogP contribution in [-0.4, -0.2) is 41.2 Å². The number of imide groups is 1. The number of carbonyl (C=O) groups is 2. The molecule has 3 aromatic rings. The van der Waals surface area contributed by atoms with E-state index in [1.807, 2.05) is 23.5 Å². The highest BCUT2D eigenvalue weighted by molar-refractivity contribution is 7.10. The summed E-state index contributed by atoms with van der Waals surface area (Å²) in [5.41, 5.74) is 2.48. The predicted octanol–water partition coefficient (Wildman–Crippen LogP) is 4.44. The number of fused-ring (bicyclic) bond motifs is 2. The molecule has 2 aliphatic rings. The molecule has 4 heterocycles. The lowest BCUT2D eigenvalue weighted by Crippen LogP contribution is -2.38. The molecule has 0 fully saturated rings. The van der Waals surface area contributed by atoms with Gasteiger partial charge in [0.2, 0.25) is 0 Å². The van der Waals surface area contributed by atoms with Gasteiger partial charge in [0, 0.05) is 29.4 Å². The molecule has 0 spiro atoms. The summed E-state index contributed by atoms with van der Waals surface area (Å²) in [5, 5.41) is 4.32. The van der Waals surface area contributed by atoms with E-state index in [4.69, 9.17) is 0 Å². The Morgan fingerprint density at radius 1 is 0.893 bits per heavy atom. The van der Waals surface area contributed by atoms with E-state index in [9.17, 15) is 9.59 Å². The average molecular weight is 409 g/mol. The number of hydrogen-bond donors (Lipinski definition) is 0. The van der Waals surface area contributed by atoms with Crippen molar-refractivity contribution in [2.24, 2.45) is 0 Å².